The Hall–Kier alpha value is -3.44. The van der Waals surface area contributed by atoms with Crippen molar-refractivity contribution >= 4 is 33.4 Å². The highest BCUT2D eigenvalue weighted by Gasteiger charge is 2.12. The first kappa shape index (κ1) is 17.6. The van der Waals surface area contributed by atoms with E-state index in [2.05, 4.69) is 18.8 Å². The van der Waals surface area contributed by atoms with Crippen LogP contribution in [0.3, 0.4) is 0 Å². The Morgan fingerprint density at radius 3 is 2.52 bits per heavy atom. The third-order valence-electron chi connectivity index (χ3n) is 4.99. The number of aryl methyl sites for hydroxylation is 2. The lowest BCUT2D eigenvalue weighted by Gasteiger charge is -2.05. The predicted molar refractivity (Wildman–Crippen MR) is 118 cm³/mol. The zero-order valence-electron chi connectivity index (χ0n) is 16.0. The molecule has 2 aromatic heterocycles. The van der Waals surface area contributed by atoms with Crippen molar-refractivity contribution in [3.8, 4) is 11.5 Å². The van der Waals surface area contributed by atoms with Gasteiger partial charge in [0.25, 0.3) is 5.56 Å². The smallest absolute Gasteiger partial charge is 0.274 e. The first-order valence-electron chi connectivity index (χ1n) is 9.35. The molecule has 0 aliphatic rings. The highest BCUT2D eigenvalue weighted by Crippen LogP contribution is 2.23. The molecule has 0 saturated heterocycles. The number of rotatable bonds is 3. The third kappa shape index (κ3) is 3.19. The summed E-state index contributed by atoms with van der Waals surface area (Å²) in [6.07, 6.45) is 1.90. The summed E-state index contributed by atoms with van der Waals surface area (Å²) in [4.78, 5) is 18.4. The molecule has 4 nitrogen and oxygen atoms in total. The molecular formula is C24H18N2O2S. The minimum Gasteiger partial charge on any atom is -0.457 e. The first-order valence-corrected chi connectivity index (χ1v) is 10.2. The summed E-state index contributed by atoms with van der Waals surface area (Å²) in [5, 5.41) is 0. The number of nitrogens with zero attached hydrogens (tertiary/aromatic N) is 2. The van der Waals surface area contributed by atoms with Gasteiger partial charge in [-0.15, -0.1) is 0 Å². The Morgan fingerprint density at radius 2 is 1.69 bits per heavy atom. The predicted octanol–water partition coefficient (Wildman–Crippen LogP) is 4.87. The van der Waals surface area contributed by atoms with E-state index in [1.807, 2.05) is 72.8 Å². The Kier molecular flexibility index (Phi) is 4.18. The molecule has 5 rings (SSSR count). The molecule has 0 amide bonds. The highest BCUT2D eigenvalue weighted by molar-refractivity contribution is 7.15. The summed E-state index contributed by atoms with van der Waals surface area (Å²) in [6.45, 7) is 4.11. The van der Waals surface area contributed by atoms with E-state index in [1.54, 1.807) is 4.40 Å². The summed E-state index contributed by atoms with van der Waals surface area (Å²) in [5.41, 5.74) is 4.94. The topological polar surface area (TPSA) is 43.6 Å². The molecular weight excluding hydrogens is 380 g/mol. The third-order valence-corrected chi connectivity index (χ3v) is 5.96. The van der Waals surface area contributed by atoms with Crippen LogP contribution in [0.25, 0.3) is 22.1 Å². The number of hydrogen-bond donors (Lipinski definition) is 0. The lowest BCUT2D eigenvalue weighted by Crippen LogP contribution is -2.22. The fourth-order valence-electron chi connectivity index (χ4n) is 3.36. The number of ether oxygens (including phenoxy) is 1. The van der Waals surface area contributed by atoms with Crippen LogP contribution >= 0.6 is 11.3 Å². The number of fused-ring (bicyclic) bond motifs is 3. The Bertz CT molecular complexity index is 1470. The van der Waals surface area contributed by atoms with Gasteiger partial charge in [-0.25, -0.2) is 9.38 Å². The van der Waals surface area contributed by atoms with Crippen LogP contribution in [0.5, 0.6) is 11.5 Å². The van der Waals surface area contributed by atoms with Crippen molar-refractivity contribution in [2.24, 2.45) is 0 Å². The SMILES string of the molecule is Cc1cc2nc3s/c(=C\c4cccc(Oc5ccccc5)c4)c(=O)n3c2cc1C. The van der Waals surface area contributed by atoms with Crippen LogP contribution in [0.4, 0.5) is 0 Å². The van der Waals surface area contributed by atoms with Gasteiger partial charge in [0.05, 0.1) is 15.6 Å². The highest BCUT2D eigenvalue weighted by atomic mass is 32.1. The van der Waals surface area contributed by atoms with E-state index in [0.29, 0.717) is 4.53 Å². The second-order valence-corrected chi connectivity index (χ2v) is 8.07. The number of aromatic nitrogens is 2. The van der Waals surface area contributed by atoms with Crippen molar-refractivity contribution in [1.29, 1.82) is 0 Å². The standard InChI is InChI=1S/C24H18N2O2S/c1-15-11-20-21(12-16(15)2)26-23(27)22(29-24(26)25-20)14-17-7-6-10-19(13-17)28-18-8-4-3-5-9-18/h3-14H,1-2H3/b22-14-. The summed E-state index contributed by atoms with van der Waals surface area (Å²) in [5.74, 6) is 1.51. The van der Waals surface area contributed by atoms with Gasteiger partial charge < -0.3 is 4.74 Å². The number of thiazole rings is 1. The molecule has 0 aliphatic heterocycles. The molecule has 5 heteroatoms. The molecule has 29 heavy (non-hydrogen) atoms. The van der Waals surface area contributed by atoms with E-state index < -0.39 is 0 Å². The monoisotopic (exact) mass is 398 g/mol. The van der Waals surface area contributed by atoms with Crippen molar-refractivity contribution in [3.63, 3.8) is 0 Å². The van der Waals surface area contributed by atoms with Crippen molar-refractivity contribution in [2.45, 2.75) is 13.8 Å². The van der Waals surface area contributed by atoms with Crippen LogP contribution in [0.2, 0.25) is 0 Å². The zero-order valence-corrected chi connectivity index (χ0v) is 16.9. The molecule has 0 N–H and O–H groups in total. The molecule has 0 atom stereocenters. The molecule has 0 fully saturated rings. The van der Waals surface area contributed by atoms with Crippen LogP contribution < -0.4 is 14.8 Å². The van der Waals surface area contributed by atoms with E-state index in [4.69, 9.17) is 4.74 Å². The van der Waals surface area contributed by atoms with Gasteiger partial charge in [0.15, 0.2) is 4.96 Å². The molecule has 2 heterocycles. The summed E-state index contributed by atoms with van der Waals surface area (Å²) < 4.78 is 8.27. The molecule has 0 spiro atoms. The number of para-hydroxylation sites is 1. The number of imidazole rings is 1. The van der Waals surface area contributed by atoms with Crippen molar-refractivity contribution < 1.29 is 4.74 Å². The van der Waals surface area contributed by atoms with Gasteiger partial charge in [-0.1, -0.05) is 41.7 Å². The van der Waals surface area contributed by atoms with Gasteiger partial charge in [-0.2, -0.15) is 0 Å². The van der Waals surface area contributed by atoms with E-state index in [9.17, 15) is 4.79 Å². The largest absolute Gasteiger partial charge is 0.457 e. The molecule has 142 valence electrons. The van der Waals surface area contributed by atoms with Crippen molar-refractivity contribution in [1.82, 2.24) is 9.38 Å². The van der Waals surface area contributed by atoms with E-state index in [1.165, 1.54) is 16.9 Å². The summed E-state index contributed by atoms with van der Waals surface area (Å²) in [7, 11) is 0. The number of hydrogen-bond acceptors (Lipinski definition) is 4. The lowest BCUT2D eigenvalue weighted by molar-refractivity contribution is 0.482. The van der Waals surface area contributed by atoms with Crippen LogP contribution in [0, 0.1) is 13.8 Å². The minimum absolute atomic E-state index is 0.0369. The van der Waals surface area contributed by atoms with Gasteiger partial charge in [-0.05, 0) is 73.0 Å². The first-order chi connectivity index (χ1) is 14.1. The average Bonchev–Trinajstić information content (AvgIpc) is 3.19. The van der Waals surface area contributed by atoms with E-state index >= 15 is 0 Å². The molecule has 0 aliphatic carbocycles. The Balaban J connectivity index is 1.59. The Labute approximate surface area is 171 Å². The van der Waals surface area contributed by atoms with Gasteiger partial charge in [-0.3, -0.25) is 4.79 Å². The van der Waals surface area contributed by atoms with Gasteiger partial charge in [0, 0.05) is 0 Å². The molecule has 0 radical (unpaired) electrons. The molecule has 5 aromatic rings. The maximum absolute atomic E-state index is 13.1. The van der Waals surface area contributed by atoms with Gasteiger partial charge in [0.1, 0.15) is 11.5 Å². The van der Waals surface area contributed by atoms with Gasteiger partial charge >= 0.3 is 0 Å². The second-order valence-electron chi connectivity index (χ2n) is 7.06. The Morgan fingerprint density at radius 1 is 0.931 bits per heavy atom. The quantitative estimate of drug-likeness (QED) is 0.436. The molecule has 0 bridgehead atoms. The molecule has 0 saturated carbocycles. The molecule has 3 aromatic carbocycles. The second kappa shape index (κ2) is 6.87. The van der Waals surface area contributed by atoms with Crippen LogP contribution in [0.1, 0.15) is 16.7 Å². The summed E-state index contributed by atoms with van der Waals surface area (Å²) >= 11 is 1.41. The summed E-state index contributed by atoms with van der Waals surface area (Å²) in [6, 6.07) is 21.4. The number of benzene rings is 3. The van der Waals surface area contributed by atoms with Crippen molar-refractivity contribution in [3.05, 3.63) is 98.3 Å². The van der Waals surface area contributed by atoms with Gasteiger partial charge in [0.2, 0.25) is 0 Å². The average molecular weight is 398 g/mol. The van der Waals surface area contributed by atoms with Crippen LogP contribution in [0.15, 0.2) is 71.5 Å². The molecule has 0 unspecified atom stereocenters. The minimum atomic E-state index is -0.0369. The maximum atomic E-state index is 13.1. The van der Waals surface area contributed by atoms with Crippen LogP contribution in [-0.2, 0) is 0 Å². The normalized spacial score (nSPS) is 12.1. The van der Waals surface area contributed by atoms with Crippen molar-refractivity contribution in [2.75, 3.05) is 0 Å². The fraction of sp³-hybridized carbons (Fsp3) is 0.0833. The maximum Gasteiger partial charge on any atom is 0.274 e. The van der Waals surface area contributed by atoms with E-state index in [-0.39, 0.29) is 5.56 Å². The van der Waals surface area contributed by atoms with E-state index in [0.717, 1.165) is 38.6 Å². The zero-order chi connectivity index (χ0) is 20.0. The fourth-order valence-corrected chi connectivity index (χ4v) is 4.35. The lowest BCUT2D eigenvalue weighted by atomic mass is 10.1. The van der Waals surface area contributed by atoms with Crippen LogP contribution in [-0.4, -0.2) is 9.38 Å².